The molecule has 0 spiro atoms. The van der Waals surface area contributed by atoms with Gasteiger partial charge in [-0.2, -0.15) is 0 Å². The Bertz CT molecular complexity index is 299. The number of alkyl halides is 1. The second-order valence-electron chi connectivity index (χ2n) is 3.64. The van der Waals surface area contributed by atoms with E-state index in [1.165, 1.54) is 0 Å². The predicted octanol–water partition coefficient (Wildman–Crippen LogP) is 3.10. The fourth-order valence-corrected chi connectivity index (χ4v) is 1.97. The molecule has 2 unspecified atom stereocenters. The summed E-state index contributed by atoms with van der Waals surface area (Å²) in [7, 11) is 0. The highest BCUT2D eigenvalue weighted by Crippen LogP contribution is 2.26. The summed E-state index contributed by atoms with van der Waals surface area (Å²) in [6.07, 6.45) is 0.802. The van der Waals surface area contributed by atoms with E-state index in [-0.39, 0.29) is 6.04 Å². The molecule has 1 fully saturated rings. The van der Waals surface area contributed by atoms with Crippen LogP contribution >= 0.6 is 11.6 Å². The molecule has 1 heterocycles. The molecule has 1 aliphatic heterocycles. The van der Waals surface area contributed by atoms with Crippen LogP contribution < -0.4 is 5.32 Å². The number of halogens is 2. The summed E-state index contributed by atoms with van der Waals surface area (Å²) in [6.45, 7) is 0.897. The highest BCUT2D eigenvalue weighted by molar-refractivity contribution is 6.30. The van der Waals surface area contributed by atoms with E-state index in [0.717, 1.165) is 18.5 Å². The summed E-state index contributed by atoms with van der Waals surface area (Å²) < 4.78 is 13.5. The van der Waals surface area contributed by atoms with Crippen LogP contribution in [0, 0.1) is 0 Å². The largest absolute Gasteiger partial charge is 0.308 e. The summed E-state index contributed by atoms with van der Waals surface area (Å²) >= 11 is 5.77. The van der Waals surface area contributed by atoms with Crippen molar-refractivity contribution >= 4 is 11.6 Å². The average Bonchev–Trinajstić information content (AvgIpc) is 2.20. The molecule has 0 radical (unpaired) electrons. The number of benzene rings is 1. The molecular weight excluding hydrogens is 201 g/mol. The van der Waals surface area contributed by atoms with Gasteiger partial charge >= 0.3 is 0 Å². The van der Waals surface area contributed by atoms with Gasteiger partial charge in [0.1, 0.15) is 6.17 Å². The monoisotopic (exact) mass is 213 g/mol. The third-order valence-electron chi connectivity index (χ3n) is 2.61. The summed E-state index contributed by atoms with van der Waals surface area (Å²) in [6, 6.07) is 7.23. The quantitative estimate of drug-likeness (QED) is 0.756. The molecule has 3 heteroatoms. The molecule has 1 aromatic rings. The minimum absolute atomic E-state index is 0.152. The predicted molar refractivity (Wildman–Crippen MR) is 56.3 cm³/mol. The van der Waals surface area contributed by atoms with Crippen molar-refractivity contribution < 1.29 is 4.39 Å². The van der Waals surface area contributed by atoms with Gasteiger partial charge in [0, 0.05) is 5.02 Å². The van der Waals surface area contributed by atoms with E-state index in [1.54, 1.807) is 12.1 Å². The molecule has 1 aliphatic rings. The Morgan fingerprint density at radius 1 is 1.29 bits per heavy atom. The van der Waals surface area contributed by atoms with Crippen LogP contribution in [0.1, 0.15) is 24.4 Å². The molecule has 0 bridgehead atoms. The van der Waals surface area contributed by atoms with Crippen molar-refractivity contribution in [3.8, 4) is 0 Å². The number of rotatable bonds is 1. The second-order valence-corrected chi connectivity index (χ2v) is 4.08. The Hall–Kier alpha value is -0.600. The summed E-state index contributed by atoms with van der Waals surface area (Å²) in [5.41, 5.74) is 0.988. The SMILES string of the molecule is FC1CCCNC1c1ccc(Cl)cc1. The lowest BCUT2D eigenvalue weighted by Crippen LogP contribution is -2.35. The van der Waals surface area contributed by atoms with E-state index in [1.807, 2.05) is 12.1 Å². The third-order valence-corrected chi connectivity index (χ3v) is 2.86. The molecule has 14 heavy (non-hydrogen) atoms. The van der Waals surface area contributed by atoms with Crippen LogP contribution in [-0.2, 0) is 0 Å². The summed E-state index contributed by atoms with van der Waals surface area (Å²) in [4.78, 5) is 0. The van der Waals surface area contributed by atoms with Crippen LogP contribution in [0.4, 0.5) is 4.39 Å². The Balaban J connectivity index is 2.16. The van der Waals surface area contributed by atoms with Crippen molar-refractivity contribution in [2.75, 3.05) is 6.54 Å². The molecule has 1 saturated heterocycles. The Morgan fingerprint density at radius 2 is 2.00 bits per heavy atom. The minimum atomic E-state index is -0.773. The zero-order chi connectivity index (χ0) is 9.97. The first-order chi connectivity index (χ1) is 6.77. The van der Waals surface area contributed by atoms with Gasteiger partial charge in [-0.3, -0.25) is 0 Å². The van der Waals surface area contributed by atoms with Crippen LogP contribution in [-0.4, -0.2) is 12.7 Å². The van der Waals surface area contributed by atoms with Crippen molar-refractivity contribution in [1.82, 2.24) is 5.32 Å². The van der Waals surface area contributed by atoms with Crippen LogP contribution in [0.3, 0.4) is 0 Å². The lowest BCUT2D eigenvalue weighted by Gasteiger charge is -2.27. The first-order valence-electron chi connectivity index (χ1n) is 4.90. The zero-order valence-electron chi connectivity index (χ0n) is 7.84. The minimum Gasteiger partial charge on any atom is -0.308 e. The van der Waals surface area contributed by atoms with E-state index in [9.17, 15) is 4.39 Å². The van der Waals surface area contributed by atoms with Gasteiger partial charge in [0.25, 0.3) is 0 Å². The first kappa shape index (κ1) is 9.94. The molecule has 2 rings (SSSR count). The van der Waals surface area contributed by atoms with E-state index in [4.69, 9.17) is 11.6 Å². The molecular formula is C11H13ClFN. The topological polar surface area (TPSA) is 12.0 Å². The normalized spacial score (nSPS) is 27.6. The fourth-order valence-electron chi connectivity index (χ4n) is 1.85. The van der Waals surface area contributed by atoms with Crippen LogP contribution in [0.5, 0.6) is 0 Å². The molecule has 0 amide bonds. The van der Waals surface area contributed by atoms with E-state index in [2.05, 4.69) is 5.32 Å². The molecule has 0 saturated carbocycles. The lowest BCUT2D eigenvalue weighted by molar-refractivity contribution is 0.201. The molecule has 1 nitrogen and oxygen atoms in total. The maximum atomic E-state index is 13.5. The first-order valence-corrected chi connectivity index (χ1v) is 5.28. The van der Waals surface area contributed by atoms with Gasteiger partial charge in [0.2, 0.25) is 0 Å². The van der Waals surface area contributed by atoms with Gasteiger partial charge < -0.3 is 5.32 Å². The average molecular weight is 214 g/mol. The Kier molecular flexibility index (Phi) is 3.04. The van der Waals surface area contributed by atoms with E-state index in [0.29, 0.717) is 11.4 Å². The smallest absolute Gasteiger partial charge is 0.120 e. The molecule has 0 aliphatic carbocycles. The van der Waals surface area contributed by atoms with Crippen molar-refractivity contribution in [3.05, 3.63) is 34.9 Å². The van der Waals surface area contributed by atoms with Gasteiger partial charge in [-0.25, -0.2) is 4.39 Å². The maximum Gasteiger partial charge on any atom is 0.120 e. The number of hydrogen-bond acceptors (Lipinski definition) is 1. The molecule has 1 N–H and O–H groups in total. The van der Waals surface area contributed by atoms with Gasteiger partial charge in [-0.05, 0) is 37.1 Å². The third kappa shape index (κ3) is 2.07. The van der Waals surface area contributed by atoms with E-state index < -0.39 is 6.17 Å². The summed E-state index contributed by atoms with van der Waals surface area (Å²) in [5.74, 6) is 0. The Labute approximate surface area is 88.3 Å². The highest BCUT2D eigenvalue weighted by Gasteiger charge is 2.25. The zero-order valence-corrected chi connectivity index (χ0v) is 8.60. The Morgan fingerprint density at radius 3 is 2.64 bits per heavy atom. The van der Waals surface area contributed by atoms with Crippen molar-refractivity contribution in [3.63, 3.8) is 0 Å². The van der Waals surface area contributed by atoms with Gasteiger partial charge in [-0.1, -0.05) is 23.7 Å². The molecule has 0 aromatic heterocycles. The molecule has 2 atom stereocenters. The van der Waals surface area contributed by atoms with Crippen LogP contribution in [0.15, 0.2) is 24.3 Å². The maximum absolute atomic E-state index is 13.5. The molecule has 76 valence electrons. The number of nitrogens with one attached hydrogen (secondary N) is 1. The standard InChI is InChI=1S/C11H13ClFN/c12-9-5-3-8(4-6-9)11-10(13)2-1-7-14-11/h3-6,10-11,14H,1-2,7H2. The van der Waals surface area contributed by atoms with Gasteiger partial charge in [-0.15, -0.1) is 0 Å². The van der Waals surface area contributed by atoms with Gasteiger partial charge in [0.15, 0.2) is 0 Å². The fraction of sp³-hybridized carbons (Fsp3) is 0.455. The summed E-state index contributed by atoms with van der Waals surface area (Å²) in [5, 5.41) is 3.88. The number of piperidine rings is 1. The lowest BCUT2D eigenvalue weighted by atomic mass is 9.96. The van der Waals surface area contributed by atoms with Crippen LogP contribution in [0.25, 0.3) is 0 Å². The van der Waals surface area contributed by atoms with E-state index >= 15 is 0 Å². The van der Waals surface area contributed by atoms with Crippen LogP contribution in [0.2, 0.25) is 5.02 Å². The highest BCUT2D eigenvalue weighted by atomic mass is 35.5. The van der Waals surface area contributed by atoms with Gasteiger partial charge in [0.05, 0.1) is 6.04 Å². The van der Waals surface area contributed by atoms with Crippen molar-refractivity contribution in [1.29, 1.82) is 0 Å². The van der Waals surface area contributed by atoms with Crippen molar-refractivity contribution in [2.24, 2.45) is 0 Å². The number of hydrogen-bond donors (Lipinski definition) is 1. The molecule has 1 aromatic carbocycles. The second kappa shape index (κ2) is 4.28. The van der Waals surface area contributed by atoms with Crippen molar-refractivity contribution in [2.45, 2.75) is 25.1 Å².